The van der Waals surface area contributed by atoms with E-state index in [1.807, 2.05) is 41.0 Å². The van der Waals surface area contributed by atoms with Crippen LogP contribution in [-0.2, 0) is 17.1 Å². The van der Waals surface area contributed by atoms with Gasteiger partial charge in [0.05, 0.1) is 23.0 Å². The maximum atomic E-state index is 12.5. The Labute approximate surface area is 217 Å². The average molecular weight is 530 g/mol. The van der Waals surface area contributed by atoms with Gasteiger partial charge in [0.25, 0.3) is 0 Å². The maximum Gasteiger partial charge on any atom is 0.230 e. The first kappa shape index (κ1) is 24.7. The first-order valence-electron chi connectivity index (χ1n) is 10.5. The third-order valence-corrected chi connectivity index (χ3v) is 7.42. The van der Waals surface area contributed by atoms with Gasteiger partial charge in [-0.3, -0.25) is 9.36 Å². The number of benzene rings is 3. The summed E-state index contributed by atoms with van der Waals surface area (Å²) in [4.78, 5) is 13.5. The molecule has 0 aliphatic heterocycles. The van der Waals surface area contributed by atoms with Crippen molar-refractivity contribution >= 4 is 52.6 Å². The largest absolute Gasteiger partial charge is 0.348 e. The Morgan fingerprint density at radius 3 is 2.59 bits per heavy atom. The van der Waals surface area contributed by atoms with Crippen LogP contribution in [0.25, 0.3) is 5.69 Å². The highest BCUT2D eigenvalue weighted by molar-refractivity contribution is 8.00. The molecule has 0 aliphatic rings. The summed E-state index contributed by atoms with van der Waals surface area (Å²) < 4.78 is 1.86. The summed E-state index contributed by atoms with van der Waals surface area (Å²) in [5, 5.41) is 13.4. The van der Waals surface area contributed by atoms with Crippen molar-refractivity contribution in [3.8, 4) is 5.69 Å². The minimum atomic E-state index is -0.0884. The van der Waals surface area contributed by atoms with Crippen LogP contribution in [0, 0.1) is 6.92 Å². The van der Waals surface area contributed by atoms with Gasteiger partial charge in [0, 0.05) is 15.7 Å². The molecule has 0 aliphatic carbocycles. The topological polar surface area (TPSA) is 59.8 Å². The summed E-state index contributed by atoms with van der Waals surface area (Å²) in [6.45, 7) is 2.29. The first-order valence-corrected chi connectivity index (χ1v) is 13.2. The van der Waals surface area contributed by atoms with Gasteiger partial charge in [0.15, 0.2) is 11.0 Å². The van der Waals surface area contributed by atoms with Crippen LogP contribution in [0.4, 0.5) is 0 Å². The number of nitrogens with one attached hydrogen (secondary N) is 1. The number of halogens is 2. The molecule has 0 radical (unpaired) electrons. The number of aryl methyl sites for hydroxylation is 1. The van der Waals surface area contributed by atoms with Crippen molar-refractivity contribution in [2.45, 2.75) is 29.3 Å². The maximum absolute atomic E-state index is 12.5. The highest BCUT2D eigenvalue weighted by Gasteiger charge is 2.18. The van der Waals surface area contributed by atoms with Crippen molar-refractivity contribution < 1.29 is 4.79 Å². The smallest absolute Gasteiger partial charge is 0.230 e. The Balaban J connectivity index is 1.52. The van der Waals surface area contributed by atoms with Crippen LogP contribution in [-0.4, -0.2) is 26.4 Å². The molecule has 174 valence electrons. The molecule has 34 heavy (non-hydrogen) atoms. The summed E-state index contributed by atoms with van der Waals surface area (Å²) in [7, 11) is 0. The fourth-order valence-corrected chi connectivity index (χ4v) is 5.28. The number of hydrogen-bond donors (Lipinski definition) is 1. The van der Waals surface area contributed by atoms with E-state index in [0.717, 1.165) is 10.6 Å². The standard InChI is InChI=1S/C25H22Cl2N4OS2/c1-17-6-5-7-18(12-17)15-34-25-30-29-23(31(25)22-13-19(26)10-11-21(22)27)14-28-24(32)16-33-20-8-3-2-4-9-20/h2-13H,14-16H2,1H3,(H,28,32). The molecule has 3 aromatic carbocycles. The summed E-state index contributed by atoms with van der Waals surface area (Å²) in [6.07, 6.45) is 0. The number of hydrogen-bond acceptors (Lipinski definition) is 5. The van der Waals surface area contributed by atoms with Crippen molar-refractivity contribution in [3.63, 3.8) is 0 Å². The van der Waals surface area contributed by atoms with Gasteiger partial charge in [0.1, 0.15) is 0 Å². The van der Waals surface area contributed by atoms with Crippen molar-refractivity contribution in [3.05, 3.63) is 99.8 Å². The van der Waals surface area contributed by atoms with Gasteiger partial charge in [-0.1, -0.05) is 83.0 Å². The number of carbonyl (C=O) groups excluding carboxylic acids is 1. The molecule has 0 saturated heterocycles. The zero-order chi connectivity index (χ0) is 23.9. The van der Waals surface area contributed by atoms with E-state index in [2.05, 4.69) is 40.6 Å². The molecule has 1 aromatic heterocycles. The lowest BCUT2D eigenvalue weighted by Gasteiger charge is -2.13. The molecule has 4 aromatic rings. The summed E-state index contributed by atoms with van der Waals surface area (Å²) in [5.74, 6) is 1.52. The van der Waals surface area contributed by atoms with Gasteiger partial charge in [-0.05, 0) is 42.8 Å². The van der Waals surface area contributed by atoms with Gasteiger partial charge in [-0.15, -0.1) is 22.0 Å². The Morgan fingerprint density at radius 1 is 0.971 bits per heavy atom. The third kappa shape index (κ3) is 6.57. The Kier molecular flexibility index (Phi) is 8.56. The van der Waals surface area contributed by atoms with E-state index < -0.39 is 0 Å². The van der Waals surface area contributed by atoms with E-state index in [-0.39, 0.29) is 12.5 Å². The van der Waals surface area contributed by atoms with Crippen molar-refractivity contribution in [1.29, 1.82) is 0 Å². The quantitative estimate of drug-likeness (QED) is 0.248. The second-order valence-corrected chi connectivity index (χ2v) is 10.3. The van der Waals surface area contributed by atoms with Gasteiger partial charge in [-0.2, -0.15) is 0 Å². The van der Waals surface area contributed by atoms with Crippen LogP contribution in [0.3, 0.4) is 0 Å². The Hall–Kier alpha value is -2.45. The van der Waals surface area contributed by atoms with Crippen molar-refractivity contribution in [1.82, 2.24) is 20.1 Å². The molecule has 0 bridgehead atoms. The lowest BCUT2D eigenvalue weighted by Crippen LogP contribution is -2.26. The molecule has 5 nitrogen and oxygen atoms in total. The highest BCUT2D eigenvalue weighted by Crippen LogP contribution is 2.31. The van der Waals surface area contributed by atoms with E-state index in [9.17, 15) is 4.79 Å². The number of carbonyl (C=O) groups is 1. The molecule has 9 heteroatoms. The Morgan fingerprint density at radius 2 is 1.79 bits per heavy atom. The monoisotopic (exact) mass is 528 g/mol. The summed E-state index contributed by atoms with van der Waals surface area (Å²) in [6, 6.07) is 23.4. The number of amides is 1. The number of rotatable bonds is 9. The van der Waals surface area contributed by atoms with Crippen LogP contribution < -0.4 is 5.32 Å². The molecule has 0 spiro atoms. The van der Waals surface area contributed by atoms with Gasteiger partial charge in [0.2, 0.25) is 5.91 Å². The van der Waals surface area contributed by atoms with E-state index in [0.29, 0.717) is 32.5 Å². The predicted molar refractivity (Wildman–Crippen MR) is 141 cm³/mol. The minimum Gasteiger partial charge on any atom is -0.348 e. The summed E-state index contributed by atoms with van der Waals surface area (Å²) in [5.41, 5.74) is 3.06. The third-order valence-electron chi connectivity index (χ3n) is 4.86. The Bertz CT molecular complexity index is 1280. The van der Waals surface area contributed by atoms with E-state index in [4.69, 9.17) is 23.2 Å². The first-order chi connectivity index (χ1) is 16.5. The number of aromatic nitrogens is 3. The van der Waals surface area contributed by atoms with Crippen LogP contribution in [0.2, 0.25) is 10.0 Å². The van der Waals surface area contributed by atoms with Crippen molar-refractivity contribution in [2.24, 2.45) is 0 Å². The SMILES string of the molecule is Cc1cccc(CSc2nnc(CNC(=O)CSc3ccccc3)n2-c2cc(Cl)ccc2Cl)c1. The van der Waals surface area contributed by atoms with Crippen molar-refractivity contribution in [2.75, 3.05) is 5.75 Å². The fraction of sp³-hybridized carbons (Fsp3) is 0.160. The zero-order valence-corrected chi connectivity index (χ0v) is 21.5. The van der Waals surface area contributed by atoms with E-state index in [1.54, 1.807) is 30.0 Å². The van der Waals surface area contributed by atoms with Gasteiger partial charge < -0.3 is 5.32 Å². The van der Waals surface area contributed by atoms with Crippen LogP contribution >= 0.6 is 46.7 Å². The molecular formula is C25H22Cl2N4OS2. The van der Waals surface area contributed by atoms with Crippen LogP contribution in [0.5, 0.6) is 0 Å². The highest BCUT2D eigenvalue weighted by atomic mass is 35.5. The fourth-order valence-electron chi connectivity index (χ4n) is 3.25. The molecule has 0 atom stereocenters. The number of nitrogens with zero attached hydrogens (tertiary/aromatic N) is 3. The molecule has 0 fully saturated rings. The molecule has 1 amide bonds. The minimum absolute atomic E-state index is 0.0884. The van der Waals surface area contributed by atoms with E-state index >= 15 is 0 Å². The molecule has 1 N–H and O–H groups in total. The average Bonchev–Trinajstić information content (AvgIpc) is 3.25. The molecule has 1 heterocycles. The van der Waals surface area contributed by atoms with Gasteiger partial charge >= 0.3 is 0 Å². The van der Waals surface area contributed by atoms with Crippen LogP contribution in [0.15, 0.2) is 82.8 Å². The van der Waals surface area contributed by atoms with Crippen LogP contribution in [0.1, 0.15) is 17.0 Å². The molecule has 4 rings (SSSR count). The van der Waals surface area contributed by atoms with E-state index in [1.165, 1.54) is 22.9 Å². The second-order valence-electron chi connectivity index (χ2n) is 7.49. The lowest BCUT2D eigenvalue weighted by atomic mass is 10.2. The lowest BCUT2D eigenvalue weighted by molar-refractivity contribution is -0.118. The number of thioether (sulfide) groups is 2. The zero-order valence-electron chi connectivity index (χ0n) is 18.4. The predicted octanol–water partition coefficient (Wildman–Crippen LogP) is 6.58. The second kappa shape index (κ2) is 11.8. The molecule has 0 unspecified atom stereocenters. The molecule has 0 saturated carbocycles. The molecular weight excluding hydrogens is 507 g/mol. The summed E-state index contributed by atoms with van der Waals surface area (Å²) >= 11 is 15.8. The normalized spacial score (nSPS) is 10.9. The van der Waals surface area contributed by atoms with Gasteiger partial charge in [-0.25, -0.2) is 0 Å².